The predicted octanol–water partition coefficient (Wildman–Crippen LogP) is 5.91. The van der Waals surface area contributed by atoms with Gasteiger partial charge in [-0.15, -0.1) is 11.3 Å². The van der Waals surface area contributed by atoms with Gasteiger partial charge in [0.2, 0.25) is 5.91 Å². The maximum atomic E-state index is 12.2. The molecule has 0 saturated heterocycles. The summed E-state index contributed by atoms with van der Waals surface area (Å²) in [6.07, 6.45) is 6.00. The zero-order valence-electron chi connectivity index (χ0n) is 15.0. The average Bonchev–Trinajstić information content (AvgIpc) is 3.15. The molecular formula is C22H21ClN2OS. The number of amides is 1. The van der Waals surface area contributed by atoms with E-state index >= 15 is 0 Å². The van der Waals surface area contributed by atoms with Gasteiger partial charge in [-0.05, 0) is 67.0 Å². The van der Waals surface area contributed by atoms with E-state index in [1.807, 2.05) is 29.6 Å². The van der Waals surface area contributed by atoms with E-state index in [-0.39, 0.29) is 5.91 Å². The quantitative estimate of drug-likeness (QED) is 0.582. The fourth-order valence-corrected chi connectivity index (χ4v) is 4.31. The monoisotopic (exact) mass is 396 g/mol. The number of halogens is 1. The van der Waals surface area contributed by atoms with Gasteiger partial charge in [0, 0.05) is 22.4 Å². The van der Waals surface area contributed by atoms with E-state index in [0.717, 1.165) is 23.2 Å². The zero-order chi connectivity index (χ0) is 18.6. The summed E-state index contributed by atoms with van der Waals surface area (Å²) in [4.78, 5) is 16.8. The second-order valence-electron chi connectivity index (χ2n) is 6.90. The van der Waals surface area contributed by atoms with Crippen LogP contribution in [0.15, 0.2) is 47.8 Å². The highest BCUT2D eigenvalue weighted by molar-refractivity contribution is 7.14. The van der Waals surface area contributed by atoms with Crippen molar-refractivity contribution in [1.29, 1.82) is 0 Å². The number of nitrogens with zero attached hydrogens (tertiary/aromatic N) is 1. The SMILES string of the molecule is O=C(CCc1ccc(Cl)cc1)Nc1nc(-c2ccc3c(c2)CCCC3)cs1. The summed E-state index contributed by atoms with van der Waals surface area (Å²) in [7, 11) is 0. The van der Waals surface area contributed by atoms with Gasteiger partial charge in [-0.2, -0.15) is 0 Å². The molecule has 0 saturated carbocycles. The van der Waals surface area contributed by atoms with Crippen LogP contribution in [0.4, 0.5) is 5.13 Å². The van der Waals surface area contributed by atoms with Crippen molar-refractivity contribution >= 4 is 34.0 Å². The Morgan fingerprint density at radius 3 is 2.67 bits per heavy atom. The van der Waals surface area contributed by atoms with Crippen molar-refractivity contribution in [3.8, 4) is 11.3 Å². The molecule has 3 nitrogen and oxygen atoms in total. The maximum Gasteiger partial charge on any atom is 0.226 e. The molecule has 4 rings (SSSR count). The van der Waals surface area contributed by atoms with Crippen LogP contribution in [0.3, 0.4) is 0 Å². The number of hydrogen-bond acceptors (Lipinski definition) is 3. The van der Waals surface area contributed by atoms with Gasteiger partial charge in [-0.25, -0.2) is 4.98 Å². The van der Waals surface area contributed by atoms with Crippen LogP contribution in [0.2, 0.25) is 5.02 Å². The van der Waals surface area contributed by atoms with Gasteiger partial charge in [0.05, 0.1) is 5.69 Å². The Kier molecular flexibility index (Phi) is 5.55. The minimum Gasteiger partial charge on any atom is -0.302 e. The number of anilines is 1. The van der Waals surface area contributed by atoms with Gasteiger partial charge >= 0.3 is 0 Å². The van der Waals surface area contributed by atoms with Crippen LogP contribution < -0.4 is 5.32 Å². The molecule has 1 aliphatic rings. The van der Waals surface area contributed by atoms with Crippen molar-refractivity contribution in [2.24, 2.45) is 0 Å². The van der Waals surface area contributed by atoms with Gasteiger partial charge in [0.15, 0.2) is 5.13 Å². The molecule has 0 spiro atoms. The van der Waals surface area contributed by atoms with E-state index in [4.69, 9.17) is 11.6 Å². The highest BCUT2D eigenvalue weighted by atomic mass is 35.5. The topological polar surface area (TPSA) is 42.0 Å². The third kappa shape index (κ3) is 4.57. The minimum absolute atomic E-state index is 0.0173. The van der Waals surface area contributed by atoms with E-state index in [1.54, 1.807) is 0 Å². The third-order valence-electron chi connectivity index (χ3n) is 4.95. The second-order valence-corrected chi connectivity index (χ2v) is 8.20. The molecule has 3 aromatic rings. The van der Waals surface area contributed by atoms with Gasteiger partial charge in [0.1, 0.15) is 0 Å². The molecule has 0 atom stereocenters. The maximum absolute atomic E-state index is 12.2. The Morgan fingerprint density at radius 2 is 1.85 bits per heavy atom. The Bertz CT molecular complexity index is 949. The molecule has 0 unspecified atom stereocenters. The number of thiazole rings is 1. The van der Waals surface area contributed by atoms with Gasteiger partial charge in [-0.1, -0.05) is 35.9 Å². The molecule has 0 aliphatic heterocycles. The Hall–Kier alpha value is -2.17. The summed E-state index contributed by atoms with van der Waals surface area (Å²) < 4.78 is 0. The molecule has 0 fully saturated rings. The Morgan fingerprint density at radius 1 is 1.07 bits per heavy atom. The molecule has 5 heteroatoms. The summed E-state index contributed by atoms with van der Waals surface area (Å²) in [5, 5.41) is 6.30. The number of aryl methyl sites for hydroxylation is 3. The first-order valence-corrected chi connectivity index (χ1v) is 10.6. The second kappa shape index (κ2) is 8.24. The lowest BCUT2D eigenvalue weighted by Crippen LogP contribution is -2.12. The molecule has 1 heterocycles. The van der Waals surface area contributed by atoms with Gasteiger partial charge in [-0.3, -0.25) is 4.79 Å². The number of rotatable bonds is 5. The predicted molar refractivity (Wildman–Crippen MR) is 113 cm³/mol. The van der Waals surface area contributed by atoms with Crippen molar-refractivity contribution in [3.05, 3.63) is 69.6 Å². The van der Waals surface area contributed by atoms with Crippen LogP contribution in [0.1, 0.15) is 36.0 Å². The Labute approximate surface area is 168 Å². The molecule has 27 heavy (non-hydrogen) atoms. The molecule has 138 valence electrons. The highest BCUT2D eigenvalue weighted by Crippen LogP contribution is 2.29. The van der Waals surface area contributed by atoms with Crippen molar-refractivity contribution < 1.29 is 4.79 Å². The zero-order valence-corrected chi connectivity index (χ0v) is 16.6. The molecule has 1 amide bonds. The van der Waals surface area contributed by atoms with Crippen LogP contribution in [0.5, 0.6) is 0 Å². The number of carbonyl (C=O) groups excluding carboxylic acids is 1. The van der Waals surface area contributed by atoms with Gasteiger partial charge < -0.3 is 5.32 Å². The standard InChI is InChI=1S/C22H21ClN2OS/c23-19-10-5-15(6-11-19)7-12-21(26)25-22-24-20(14-27-22)18-9-8-16-3-1-2-4-17(16)13-18/h5-6,8-11,13-14H,1-4,7,12H2,(H,24,25,26). The number of fused-ring (bicyclic) bond motifs is 1. The average molecular weight is 397 g/mol. The van der Waals surface area contributed by atoms with Crippen LogP contribution in [-0.2, 0) is 24.1 Å². The fourth-order valence-electron chi connectivity index (χ4n) is 3.45. The van der Waals surface area contributed by atoms with E-state index < -0.39 is 0 Å². The lowest BCUT2D eigenvalue weighted by molar-refractivity contribution is -0.116. The van der Waals surface area contributed by atoms with Crippen LogP contribution >= 0.6 is 22.9 Å². The van der Waals surface area contributed by atoms with E-state index in [1.165, 1.54) is 41.7 Å². The molecular weight excluding hydrogens is 376 g/mol. The van der Waals surface area contributed by atoms with Gasteiger partial charge in [0.25, 0.3) is 0 Å². The molecule has 1 aromatic heterocycles. The largest absolute Gasteiger partial charge is 0.302 e. The number of carbonyl (C=O) groups is 1. The first-order valence-electron chi connectivity index (χ1n) is 9.29. The molecule has 1 N–H and O–H groups in total. The van der Waals surface area contributed by atoms with Crippen LogP contribution in [-0.4, -0.2) is 10.9 Å². The van der Waals surface area contributed by atoms with Crippen molar-refractivity contribution in [2.45, 2.75) is 38.5 Å². The summed E-state index contributed by atoms with van der Waals surface area (Å²) in [5.74, 6) is -0.0173. The van der Waals surface area contributed by atoms with E-state index in [0.29, 0.717) is 23.0 Å². The van der Waals surface area contributed by atoms with Crippen molar-refractivity contribution in [3.63, 3.8) is 0 Å². The lowest BCUT2D eigenvalue weighted by Gasteiger charge is -2.16. The number of nitrogens with one attached hydrogen (secondary N) is 1. The lowest BCUT2D eigenvalue weighted by atomic mass is 9.90. The highest BCUT2D eigenvalue weighted by Gasteiger charge is 2.12. The summed E-state index contributed by atoms with van der Waals surface area (Å²) in [5.41, 5.74) is 6.08. The summed E-state index contributed by atoms with van der Waals surface area (Å²) in [6.45, 7) is 0. The summed E-state index contributed by atoms with van der Waals surface area (Å²) in [6, 6.07) is 14.2. The van der Waals surface area contributed by atoms with Crippen molar-refractivity contribution in [1.82, 2.24) is 4.98 Å². The first kappa shape index (κ1) is 18.2. The number of hydrogen-bond donors (Lipinski definition) is 1. The third-order valence-corrected chi connectivity index (χ3v) is 5.96. The molecule has 1 aliphatic carbocycles. The first-order chi connectivity index (χ1) is 13.2. The molecule has 0 radical (unpaired) electrons. The minimum atomic E-state index is -0.0173. The van der Waals surface area contributed by atoms with E-state index in [9.17, 15) is 4.79 Å². The molecule has 2 aromatic carbocycles. The smallest absolute Gasteiger partial charge is 0.226 e. The van der Waals surface area contributed by atoms with Crippen LogP contribution in [0, 0.1) is 0 Å². The van der Waals surface area contributed by atoms with Crippen LogP contribution in [0.25, 0.3) is 11.3 Å². The normalized spacial score (nSPS) is 13.2. The Balaban J connectivity index is 1.37. The summed E-state index contributed by atoms with van der Waals surface area (Å²) >= 11 is 7.36. The molecule has 0 bridgehead atoms. The number of aromatic nitrogens is 1. The number of benzene rings is 2. The van der Waals surface area contributed by atoms with E-state index in [2.05, 4.69) is 28.5 Å². The fraction of sp³-hybridized carbons (Fsp3) is 0.273. The van der Waals surface area contributed by atoms with Crippen molar-refractivity contribution in [2.75, 3.05) is 5.32 Å².